The third-order valence-corrected chi connectivity index (χ3v) is 4.39. The molecular weight excluding hydrogens is 246 g/mol. The van der Waals surface area contributed by atoms with Gasteiger partial charge in [-0.05, 0) is 30.4 Å². The minimum atomic E-state index is -0.158. The number of carbonyl (C=O) groups excluding carboxylic acids is 1. The van der Waals surface area contributed by atoms with Crippen LogP contribution in [0.2, 0.25) is 0 Å². The molecule has 1 amide bonds. The highest BCUT2D eigenvalue weighted by atomic mass is 32.1. The third kappa shape index (κ3) is 2.74. The van der Waals surface area contributed by atoms with E-state index < -0.39 is 0 Å². The topological polar surface area (TPSA) is 49.3 Å². The Morgan fingerprint density at radius 2 is 2.33 bits per heavy atom. The standard InChI is InChI=1S/C14H17NO2S/c1-9-7-11(18-10(9)5-4-6-16)13(17)15-12-8-14(12,2)3/h7,12,16H,6,8H2,1-3H3,(H,15,17). The average Bonchev–Trinajstić information content (AvgIpc) is 2.71. The van der Waals surface area contributed by atoms with Crippen molar-refractivity contribution in [3.05, 3.63) is 21.4 Å². The molecule has 1 atom stereocenters. The van der Waals surface area contributed by atoms with Crippen molar-refractivity contribution < 1.29 is 9.90 Å². The van der Waals surface area contributed by atoms with Gasteiger partial charge in [-0.15, -0.1) is 11.3 Å². The van der Waals surface area contributed by atoms with Gasteiger partial charge in [-0.3, -0.25) is 4.79 Å². The van der Waals surface area contributed by atoms with Crippen LogP contribution in [0, 0.1) is 24.2 Å². The van der Waals surface area contributed by atoms with Crippen LogP contribution in [0.4, 0.5) is 0 Å². The first-order chi connectivity index (χ1) is 8.44. The second-order valence-corrected chi connectivity index (χ2v) is 6.35. The Balaban J connectivity index is 2.07. The Hall–Kier alpha value is -1.31. The van der Waals surface area contributed by atoms with E-state index in [9.17, 15) is 4.79 Å². The number of carbonyl (C=O) groups is 1. The molecular formula is C14H17NO2S. The lowest BCUT2D eigenvalue weighted by atomic mass is 10.2. The maximum atomic E-state index is 12.0. The summed E-state index contributed by atoms with van der Waals surface area (Å²) in [6.45, 7) is 6.07. The summed E-state index contributed by atoms with van der Waals surface area (Å²) < 4.78 is 0. The van der Waals surface area contributed by atoms with Crippen molar-refractivity contribution in [3.8, 4) is 11.8 Å². The number of nitrogens with one attached hydrogen (secondary N) is 1. The van der Waals surface area contributed by atoms with E-state index >= 15 is 0 Å². The molecule has 4 heteroatoms. The van der Waals surface area contributed by atoms with Crippen molar-refractivity contribution in [1.82, 2.24) is 5.32 Å². The van der Waals surface area contributed by atoms with Crippen LogP contribution in [0.3, 0.4) is 0 Å². The number of amides is 1. The van der Waals surface area contributed by atoms with Gasteiger partial charge in [0.1, 0.15) is 6.61 Å². The molecule has 0 aliphatic heterocycles. The molecule has 96 valence electrons. The molecule has 18 heavy (non-hydrogen) atoms. The van der Waals surface area contributed by atoms with Crippen LogP contribution in [0.15, 0.2) is 6.07 Å². The van der Waals surface area contributed by atoms with Crippen LogP contribution in [0.1, 0.15) is 40.4 Å². The second-order valence-electron chi connectivity index (χ2n) is 5.30. The molecule has 2 rings (SSSR count). The lowest BCUT2D eigenvalue weighted by Crippen LogP contribution is -2.27. The van der Waals surface area contributed by atoms with Gasteiger partial charge in [0, 0.05) is 6.04 Å². The molecule has 0 saturated heterocycles. The van der Waals surface area contributed by atoms with Gasteiger partial charge in [-0.2, -0.15) is 0 Å². The molecule has 1 aromatic heterocycles. The summed E-state index contributed by atoms with van der Waals surface area (Å²) in [4.78, 5) is 13.6. The van der Waals surface area contributed by atoms with Crippen LogP contribution in [-0.4, -0.2) is 23.7 Å². The largest absolute Gasteiger partial charge is 0.384 e. The highest BCUT2D eigenvalue weighted by molar-refractivity contribution is 7.14. The summed E-state index contributed by atoms with van der Waals surface area (Å²) in [7, 11) is 0. The maximum absolute atomic E-state index is 12.0. The molecule has 0 spiro atoms. The molecule has 3 nitrogen and oxygen atoms in total. The summed E-state index contributed by atoms with van der Waals surface area (Å²) in [5.74, 6) is 5.45. The Kier molecular flexibility index (Phi) is 3.47. The smallest absolute Gasteiger partial charge is 0.261 e. The molecule has 1 heterocycles. The minimum Gasteiger partial charge on any atom is -0.384 e. The van der Waals surface area contributed by atoms with Gasteiger partial charge in [0.25, 0.3) is 5.91 Å². The van der Waals surface area contributed by atoms with E-state index in [0.717, 1.165) is 16.9 Å². The highest BCUT2D eigenvalue weighted by Gasteiger charge is 2.46. The maximum Gasteiger partial charge on any atom is 0.261 e. The molecule has 1 saturated carbocycles. The molecule has 0 bridgehead atoms. The number of hydrogen-bond acceptors (Lipinski definition) is 3. The summed E-state index contributed by atoms with van der Waals surface area (Å²) in [5, 5.41) is 11.7. The fraction of sp³-hybridized carbons (Fsp3) is 0.500. The number of aryl methyl sites for hydroxylation is 1. The lowest BCUT2D eigenvalue weighted by molar-refractivity contribution is 0.0950. The molecule has 1 aromatic rings. The minimum absolute atomic E-state index is 0.0178. The van der Waals surface area contributed by atoms with Crippen LogP contribution in [0.5, 0.6) is 0 Å². The van der Waals surface area contributed by atoms with E-state index in [2.05, 4.69) is 31.0 Å². The van der Waals surface area contributed by atoms with Gasteiger partial charge in [0.15, 0.2) is 0 Å². The van der Waals surface area contributed by atoms with Gasteiger partial charge in [-0.1, -0.05) is 25.7 Å². The van der Waals surface area contributed by atoms with Crippen LogP contribution >= 0.6 is 11.3 Å². The van der Waals surface area contributed by atoms with Crippen molar-refractivity contribution in [2.45, 2.75) is 33.2 Å². The van der Waals surface area contributed by atoms with Crippen LogP contribution in [0.25, 0.3) is 0 Å². The summed E-state index contributed by atoms with van der Waals surface area (Å²) in [5.41, 5.74) is 1.22. The zero-order valence-electron chi connectivity index (χ0n) is 10.8. The zero-order valence-corrected chi connectivity index (χ0v) is 11.6. The van der Waals surface area contributed by atoms with Gasteiger partial charge in [-0.25, -0.2) is 0 Å². The Labute approximate surface area is 111 Å². The number of thiophene rings is 1. The lowest BCUT2D eigenvalue weighted by Gasteiger charge is -2.04. The zero-order chi connectivity index (χ0) is 13.3. The monoisotopic (exact) mass is 263 g/mol. The summed E-state index contributed by atoms with van der Waals surface area (Å²) in [6, 6.07) is 2.15. The summed E-state index contributed by atoms with van der Waals surface area (Å²) >= 11 is 1.38. The van der Waals surface area contributed by atoms with Crippen molar-refractivity contribution in [2.24, 2.45) is 5.41 Å². The number of rotatable bonds is 2. The second kappa shape index (κ2) is 4.75. The van der Waals surface area contributed by atoms with E-state index in [-0.39, 0.29) is 17.9 Å². The SMILES string of the molecule is Cc1cc(C(=O)NC2CC2(C)C)sc1C#CCO. The molecule has 1 aliphatic rings. The molecule has 1 aliphatic carbocycles. The van der Waals surface area contributed by atoms with Crippen LogP contribution in [-0.2, 0) is 0 Å². The molecule has 2 N–H and O–H groups in total. The third-order valence-electron chi connectivity index (χ3n) is 3.24. The fourth-order valence-electron chi connectivity index (χ4n) is 1.78. The molecule has 1 unspecified atom stereocenters. The first-order valence-electron chi connectivity index (χ1n) is 5.95. The Morgan fingerprint density at radius 1 is 1.67 bits per heavy atom. The van der Waals surface area contributed by atoms with Crippen LogP contribution < -0.4 is 5.32 Å². The van der Waals surface area contributed by atoms with Gasteiger partial charge >= 0.3 is 0 Å². The number of hydrogen-bond donors (Lipinski definition) is 2. The predicted molar refractivity (Wildman–Crippen MR) is 72.7 cm³/mol. The van der Waals surface area contributed by atoms with Gasteiger partial charge in [0.2, 0.25) is 0 Å². The quantitative estimate of drug-likeness (QED) is 0.801. The highest BCUT2D eigenvalue weighted by Crippen LogP contribution is 2.44. The van der Waals surface area contributed by atoms with E-state index in [4.69, 9.17) is 5.11 Å². The normalized spacial score (nSPS) is 19.9. The molecule has 1 fully saturated rings. The van der Waals surface area contributed by atoms with E-state index in [0.29, 0.717) is 10.9 Å². The van der Waals surface area contributed by atoms with E-state index in [1.54, 1.807) is 0 Å². The predicted octanol–water partition coefficient (Wildman–Crippen LogP) is 1.93. The fourth-order valence-corrected chi connectivity index (χ4v) is 2.73. The first-order valence-corrected chi connectivity index (χ1v) is 6.77. The molecule has 0 radical (unpaired) electrons. The summed E-state index contributed by atoms with van der Waals surface area (Å²) in [6.07, 6.45) is 1.04. The average molecular weight is 263 g/mol. The van der Waals surface area contributed by atoms with Gasteiger partial charge in [0.05, 0.1) is 9.75 Å². The van der Waals surface area contributed by atoms with Gasteiger partial charge < -0.3 is 10.4 Å². The Morgan fingerprint density at radius 3 is 2.89 bits per heavy atom. The Bertz CT molecular complexity index is 534. The van der Waals surface area contributed by atoms with Crippen molar-refractivity contribution in [2.75, 3.05) is 6.61 Å². The number of aliphatic hydroxyl groups is 1. The first kappa shape index (κ1) is 13.1. The number of aliphatic hydroxyl groups excluding tert-OH is 1. The van der Waals surface area contributed by atoms with E-state index in [1.807, 2.05) is 13.0 Å². The van der Waals surface area contributed by atoms with Crippen molar-refractivity contribution in [1.29, 1.82) is 0 Å². The molecule has 0 aromatic carbocycles. The van der Waals surface area contributed by atoms with Crippen molar-refractivity contribution in [3.63, 3.8) is 0 Å². The van der Waals surface area contributed by atoms with Crippen molar-refractivity contribution >= 4 is 17.2 Å². The van der Waals surface area contributed by atoms with E-state index in [1.165, 1.54) is 11.3 Å².